The maximum absolute atomic E-state index is 14.1. The molecule has 1 saturated carbocycles. The quantitative estimate of drug-likeness (QED) is 0.577. The van der Waals surface area contributed by atoms with Crippen molar-refractivity contribution in [3.05, 3.63) is 59.0 Å². The molecule has 1 fully saturated rings. The summed E-state index contributed by atoms with van der Waals surface area (Å²) in [6.45, 7) is 6.54. The van der Waals surface area contributed by atoms with Crippen molar-refractivity contribution >= 4 is 40.0 Å². The van der Waals surface area contributed by atoms with E-state index in [1.807, 2.05) is 36.1 Å². The first kappa shape index (κ1) is 23.0. The van der Waals surface area contributed by atoms with E-state index in [1.165, 1.54) is 6.08 Å². The molecule has 35 heavy (non-hydrogen) atoms. The number of aromatic nitrogens is 3. The van der Waals surface area contributed by atoms with Gasteiger partial charge in [0.25, 0.3) is 11.5 Å². The highest BCUT2D eigenvalue weighted by atomic mass is 16.5. The molecule has 2 aromatic heterocycles. The number of carbonyl (C=O) groups is 1. The second kappa shape index (κ2) is 9.14. The molecular weight excluding hydrogens is 444 g/mol. The summed E-state index contributed by atoms with van der Waals surface area (Å²) < 4.78 is 7.34. The average Bonchev–Trinajstić information content (AvgIpc) is 2.88. The van der Waals surface area contributed by atoms with E-state index in [9.17, 15) is 9.59 Å². The van der Waals surface area contributed by atoms with E-state index in [-0.39, 0.29) is 29.6 Å². The monoisotopic (exact) mass is 474 g/mol. The average molecular weight is 475 g/mol. The Balaban J connectivity index is 1.68. The molecule has 3 heterocycles. The molecule has 0 bridgehead atoms. The van der Waals surface area contributed by atoms with Crippen molar-refractivity contribution in [1.29, 1.82) is 0 Å². The minimum absolute atomic E-state index is 0.00809. The molecule has 2 aliphatic rings. The number of nitrogens with two attached hydrogens (primary N) is 1. The highest BCUT2D eigenvalue weighted by molar-refractivity contribution is 6.05. The van der Waals surface area contributed by atoms with Crippen LogP contribution in [0.4, 0.5) is 23.0 Å². The number of methoxy groups -OCH3 is 1. The number of ether oxygens (including phenoxy) is 1. The molecule has 0 spiro atoms. The fourth-order valence-electron chi connectivity index (χ4n) is 5.42. The summed E-state index contributed by atoms with van der Waals surface area (Å²) in [5.41, 5.74) is 9.46. The van der Waals surface area contributed by atoms with Crippen LogP contribution in [0.3, 0.4) is 0 Å². The Kier molecular flexibility index (Phi) is 6.02. The number of nitrogens with zero attached hydrogens (tertiary/aromatic N) is 5. The normalized spacial score (nSPS) is 20.1. The van der Waals surface area contributed by atoms with Crippen molar-refractivity contribution in [1.82, 2.24) is 14.5 Å². The summed E-state index contributed by atoms with van der Waals surface area (Å²) >= 11 is 0. The predicted molar refractivity (Wildman–Crippen MR) is 137 cm³/mol. The van der Waals surface area contributed by atoms with Gasteiger partial charge in [0.15, 0.2) is 0 Å². The van der Waals surface area contributed by atoms with Crippen LogP contribution in [-0.2, 0) is 9.53 Å². The summed E-state index contributed by atoms with van der Waals surface area (Å²) in [7, 11) is 1.73. The molecule has 3 aromatic rings. The number of pyridine rings is 1. The third kappa shape index (κ3) is 3.95. The van der Waals surface area contributed by atoms with Gasteiger partial charge in [0.2, 0.25) is 5.95 Å². The first-order chi connectivity index (χ1) is 16.9. The Morgan fingerprint density at radius 2 is 1.97 bits per heavy atom. The van der Waals surface area contributed by atoms with Crippen molar-refractivity contribution in [2.24, 2.45) is 0 Å². The molecule has 182 valence electrons. The van der Waals surface area contributed by atoms with E-state index in [1.54, 1.807) is 22.8 Å². The van der Waals surface area contributed by atoms with Gasteiger partial charge in [-0.2, -0.15) is 4.98 Å². The van der Waals surface area contributed by atoms with E-state index in [2.05, 4.69) is 16.5 Å². The fraction of sp³-hybridized carbons (Fsp3) is 0.385. The maximum atomic E-state index is 14.1. The van der Waals surface area contributed by atoms with Gasteiger partial charge in [0, 0.05) is 37.8 Å². The molecule has 1 amide bonds. The number of rotatable bonds is 4. The Morgan fingerprint density at radius 3 is 2.69 bits per heavy atom. The maximum Gasteiger partial charge on any atom is 0.276 e. The Labute approximate surface area is 203 Å². The lowest BCUT2D eigenvalue weighted by molar-refractivity contribution is -0.114. The topological polar surface area (TPSA) is 107 Å². The smallest absolute Gasteiger partial charge is 0.276 e. The lowest BCUT2D eigenvalue weighted by atomic mass is 9.92. The van der Waals surface area contributed by atoms with Crippen LogP contribution in [0.1, 0.15) is 37.3 Å². The number of hydrogen-bond donors (Lipinski definition) is 1. The van der Waals surface area contributed by atoms with E-state index < -0.39 is 0 Å². The summed E-state index contributed by atoms with van der Waals surface area (Å²) in [6.07, 6.45) is 6.60. The molecule has 2 N–H and O–H groups in total. The molecule has 9 heteroatoms. The Bertz CT molecular complexity index is 1360. The molecule has 0 atom stereocenters. The second-order valence-electron chi connectivity index (χ2n) is 9.17. The minimum atomic E-state index is -0.157. The van der Waals surface area contributed by atoms with Crippen molar-refractivity contribution in [2.45, 2.75) is 44.8 Å². The van der Waals surface area contributed by atoms with Crippen LogP contribution in [0.2, 0.25) is 0 Å². The molecule has 0 saturated heterocycles. The number of fused-ring (bicyclic) bond motifs is 2. The SMILES string of the molecule is C=CC(=O)N1CCN(c2cc3cnc(N)nc3n(C3CCC(OC)CC3)c2=O)c2cccc(C)c21. The van der Waals surface area contributed by atoms with Gasteiger partial charge in [-0.3, -0.25) is 14.2 Å². The van der Waals surface area contributed by atoms with E-state index in [0.29, 0.717) is 24.4 Å². The minimum Gasteiger partial charge on any atom is -0.381 e. The molecule has 5 rings (SSSR count). The van der Waals surface area contributed by atoms with Gasteiger partial charge in [0.05, 0.1) is 17.5 Å². The number of para-hydroxylation sites is 1. The number of aryl methyl sites for hydroxylation is 1. The summed E-state index contributed by atoms with van der Waals surface area (Å²) in [4.78, 5) is 39.1. The Morgan fingerprint density at radius 1 is 1.20 bits per heavy atom. The fourth-order valence-corrected chi connectivity index (χ4v) is 5.42. The molecule has 1 aliphatic heterocycles. The third-order valence-electron chi connectivity index (χ3n) is 7.17. The number of amides is 1. The van der Waals surface area contributed by atoms with Crippen LogP contribution in [-0.4, -0.2) is 46.7 Å². The summed E-state index contributed by atoms with van der Waals surface area (Å²) in [5, 5.41) is 0.751. The number of nitrogen functional groups attached to an aromatic ring is 1. The third-order valence-corrected chi connectivity index (χ3v) is 7.17. The van der Waals surface area contributed by atoms with Gasteiger partial charge in [0.1, 0.15) is 11.3 Å². The molecule has 1 aromatic carbocycles. The predicted octanol–water partition coefficient (Wildman–Crippen LogP) is 3.48. The van der Waals surface area contributed by atoms with Crippen LogP contribution >= 0.6 is 0 Å². The number of hydrogen-bond acceptors (Lipinski definition) is 7. The van der Waals surface area contributed by atoms with Crippen LogP contribution in [0, 0.1) is 6.92 Å². The number of anilines is 4. The second-order valence-corrected chi connectivity index (χ2v) is 9.17. The van der Waals surface area contributed by atoms with Crippen molar-refractivity contribution in [3.63, 3.8) is 0 Å². The van der Waals surface area contributed by atoms with Gasteiger partial charge in [-0.15, -0.1) is 0 Å². The zero-order valence-corrected chi connectivity index (χ0v) is 20.1. The molecule has 9 nitrogen and oxygen atoms in total. The molecule has 0 radical (unpaired) electrons. The highest BCUT2D eigenvalue weighted by Crippen LogP contribution is 2.40. The molecular formula is C26H30N6O3. The van der Waals surface area contributed by atoms with E-state index in [0.717, 1.165) is 48.0 Å². The van der Waals surface area contributed by atoms with Gasteiger partial charge in [-0.05, 0) is 56.4 Å². The van der Waals surface area contributed by atoms with Crippen LogP contribution in [0.25, 0.3) is 11.0 Å². The zero-order chi connectivity index (χ0) is 24.7. The summed E-state index contributed by atoms with van der Waals surface area (Å²) in [6, 6.07) is 7.69. The molecule has 0 unspecified atom stereocenters. The van der Waals surface area contributed by atoms with Crippen molar-refractivity contribution in [3.8, 4) is 0 Å². The van der Waals surface area contributed by atoms with Crippen LogP contribution in [0.5, 0.6) is 0 Å². The summed E-state index contributed by atoms with van der Waals surface area (Å²) in [5.74, 6) is -0.0172. The van der Waals surface area contributed by atoms with Crippen molar-refractivity contribution in [2.75, 3.05) is 35.7 Å². The first-order valence-electron chi connectivity index (χ1n) is 11.9. The first-order valence-corrected chi connectivity index (χ1v) is 11.9. The van der Waals surface area contributed by atoms with Gasteiger partial charge in [-0.1, -0.05) is 18.7 Å². The Hall–Kier alpha value is -3.72. The highest BCUT2D eigenvalue weighted by Gasteiger charge is 2.31. The largest absolute Gasteiger partial charge is 0.381 e. The van der Waals surface area contributed by atoms with Crippen LogP contribution < -0.4 is 21.1 Å². The molecule has 1 aliphatic carbocycles. The van der Waals surface area contributed by atoms with E-state index >= 15 is 0 Å². The van der Waals surface area contributed by atoms with Gasteiger partial charge in [-0.25, -0.2) is 4.98 Å². The van der Waals surface area contributed by atoms with Gasteiger partial charge < -0.3 is 20.3 Å². The number of carbonyl (C=O) groups excluding carboxylic acids is 1. The lowest BCUT2D eigenvalue weighted by Crippen LogP contribution is -2.44. The van der Waals surface area contributed by atoms with E-state index in [4.69, 9.17) is 10.5 Å². The standard InChI is InChI=1S/C26H30N6O3/c1-4-22(33)31-13-12-30(20-7-5-6-16(2)23(20)31)21-14-17-15-28-26(27)29-24(17)32(25(21)34)18-8-10-19(35-3)11-9-18/h4-7,14-15,18-19H,1,8-13H2,2-3H3,(H2,27,28,29). The van der Waals surface area contributed by atoms with Gasteiger partial charge >= 0.3 is 0 Å². The zero-order valence-electron chi connectivity index (χ0n) is 20.1. The van der Waals surface area contributed by atoms with Crippen molar-refractivity contribution < 1.29 is 9.53 Å². The lowest BCUT2D eigenvalue weighted by Gasteiger charge is -2.38. The van der Waals surface area contributed by atoms with Crippen LogP contribution in [0.15, 0.2) is 47.9 Å². The number of benzene rings is 1.